The molecular formula is C23H26N2O. The molecule has 0 saturated carbocycles. The van der Waals surface area contributed by atoms with Gasteiger partial charge in [0, 0.05) is 17.7 Å². The Kier molecular flexibility index (Phi) is 4.31. The first-order chi connectivity index (χ1) is 12.5. The maximum absolute atomic E-state index is 13.0. The molecule has 0 aromatic heterocycles. The molecule has 0 fully saturated rings. The molecule has 1 heterocycles. The van der Waals surface area contributed by atoms with Crippen LogP contribution in [0.1, 0.15) is 56.7 Å². The van der Waals surface area contributed by atoms with Crippen LogP contribution in [0.5, 0.6) is 0 Å². The number of fused-ring (bicyclic) bond motifs is 1. The minimum absolute atomic E-state index is 0.109. The molecule has 3 heteroatoms. The van der Waals surface area contributed by atoms with E-state index in [0.29, 0.717) is 18.3 Å². The highest BCUT2D eigenvalue weighted by molar-refractivity contribution is 6.00. The highest BCUT2D eigenvalue weighted by Crippen LogP contribution is 2.41. The molecule has 3 nitrogen and oxygen atoms in total. The van der Waals surface area contributed by atoms with Crippen molar-refractivity contribution in [3.63, 3.8) is 0 Å². The number of para-hydroxylation sites is 2. The Balaban J connectivity index is 1.82. The largest absolute Gasteiger partial charge is 0.372 e. The fourth-order valence-corrected chi connectivity index (χ4v) is 4.01. The third-order valence-corrected chi connectivity index (χ3v) is 5.45. The number of rotatable bonds is 2. The van der Waals surface area contributed by atoms with Gasteiger partial charge >= 0.3 is 0 Å². The molecule has 26 heavy (non-hydrogen) atoms. The standard InChI is InChI=1S/C23H26N2O/c1-14(2)16-8-10-17(11-9-16)23-22-20(12-15(3)13-21(22)26)24-18-6-4-5-7-19(18)25-23/h4-11,14-15,23-25H,12-13H2,1-3H3/t15-,23+/m0/s1. The zero-order valence-corrected chi connectivity index (χ0v) is 15.7. The van der Waals surface area contributed by atoms with E-state index in [2.05, 4.69) is 67.8 Å². The molecule has 2 N–H and O–H groups in total. The van der Waals surface area contributed by atoms with E-state index < -0.39 is 0 Å². The molecule has 134 valence electrons. The molecule has 1 aliphatic carbocycles. The van der Waals surface area contributed by atoms with Crippen molar-refractivity contribution < 1.29 is 4.79 Å². The number of allylic oxidation sites excluding steroid dienone is 1. The normalized spacial score (nSPS) is 22.2. The predicted molar refractivity (Wildman–Crippen MR) is 107 cm³/mol. The molecule has 1 aliphatic heterocycles. The van der Waals surface area contributed by atoms with E-state index in [0.717, 1.165) is 34.6 Å². The third kappa shape index (κ3) is 3.03. The molecule has 2 aromatic rings. The minimum atomic E-state index is -0.109. The van der Waals surface area contributed by atoms with Crippen molar-refractivity contribution in [2.45, 2.75) is 45.6 Å². The van der Waals surface area contributed by atoms with E-state index in [1.807, 2.05) is 12.1 Å². The first kappa shape index (κ1) is 16.9. The number of hydrogen-bond donors (Lipinski definition) is 2. The summed E-state index contributed by atoms with van der Waals surface area (Å²) < 4.78 is 0. The molecule has 0 radical (unpaired) electrons. The first-order valence-electron chi connectivity index (χ1n) is 9.51. The maximum Gasteiger partial charge on any atom is 0.163 e. The minimum Gasteiger partial charge on any atom is -0.372 e. The number of benzene rings is 2. The summed E-state index contributed by atoms with van der Waals surface area (Å²) in [6.07, 6.45) is 1.54. The van der Waals surface area contributed by atoms with Crippen LogP contribution in [0.3, 0.4) is 0 Å². The molecule has 2 aliphatic rings. The highest BCUT2D eigenvalue weighted by Gasteiger charge is 2.34. The summed E-state index contributed by atoms with van der Waals surface area (Å²) in [7, 11) is 0. The fourth-order valence-electron chi connectivity index (χ4n) is 4.01. The van der Waals surface area contributed by atoms with E-state index >= 15 is 0 Å². The van der Waals surface area contributed by atoms with E-state index in [-0.39, 0.29) is 11.8 Å². The van der Waals surface area contributed by atoms with Gasteiger partial charge in [-0.05, 0) is 41.5 Å². The Morgan fingerprint density at radius 2 is 1.65 bits per heavy atom. The zero-order chi connectivity index (χ0) is 18.3. The average Bonchev–Trinajstić information content (AvgIpc) is 2.78. The second kappa shape index (κ2) is 6.64. The van der Waals surface area contributed by atoms with Crippen LogP contribution >= 0.6 is 0 Å². The Hall–Kier alpha value is -2.55. The molecular weight excluding hydrogens is 320 g/mol. The van der Waals surface area contributed by atoms with Crippen molar-refractivity contribution >= 4 is 17.2 Å². The summed E-state index contributed by atoms with van der Waals surface area (Å²) >= 11 is 0. The van der Waals surface area contributed by atoms with Gasteiger partial charge in [-0.15, -0.1) is 0 Å². The van der Waals surface area contributed by atoms with Crippen molar-refractivity contribution in [2.75, 3.05) is 10.6 Å². The molecule has 0 amide bonds. The van der Waals surface area contributed by atoms with Crippen LogP contribution in [0.2, 0.25) is 0 Å². The molecule has 0 unspecified atom stereocenters. The molecule has 4 rings (SSSR count). The van der Waals surface area contributed by atoms with E-state index in [4.69, 9.17) is 0 Å². The number of carbonyl (C=O) groups is 1. The summed E-state index contributed by atoms with van der Waals surface area (Å²) in [5.74, 6) is 1.13. The van der Waals surface area contributed by atoms with Crippen LogP contribution < -0.4 is 10.6 Å². The molecule has 0 bridgehead atoms. The van der Waals surface area contributed by atoms with Crippen LogP contribution in [0.4, 0.5) is 11.4 Å². The lowest BCUT2D eigenvalue weighted by atomic mass is 9.82. The number of nitrogens with one attached hydrogen (secondary N) is 2. The summed E-state index contributed by atoms with van der Waals surface area (Å²) in [6, 6.07) is 16.8. The van der Waals surface area contributed by atoms with Crippen LogP contribution in [-0.2, 0) is 4.79 Å². The van der Waals surface area contributed by atoms with Gasteiger partial charge in [-0.3, -0.25) is 4.79 Å². The van der Waals surface area contributed by atoms with Gasteiger partial charge in [-0.2, -0.15) is 0 Å². The van der Waals surface area contributed by atoms with Crippen molar-refractivity contribution in [1.29, 1.82) is 0 Å². The van der Waals surface area contributed by atoms with Gasteiger partial charge < -0.3 is 10.6 Å². The molecule has 2 atom stereocenters. The van der Waals surface area contributed by atoms with Gasteiger partial charge in [0.15, 0.2) is 5.78 Å². The smallest absolute Gasteiger partial charge is 0.163 e. The van der Waals surface area contributed by atoms with Crippen LogP contribution in [0, 0.1) is 5.92 Å². The van der Waals surface area contributed by atoms with Crippen LogP contribution in [0.15, 0.2) is 59.8 Å². The molecule has 2 aromatic carbocycles. The molecule has 0 saturated heterocycles. The van der Waals surface area contributed by atoms with Crippen molar-refractivity contribution in [3.8, 4) is 0 Å². The lowest BCUT2D eigenvalue weighted by Crippen LogP contribution is -2.26. The fraction of sp³-hybridized carbons (Fsp3) is 0.348. The SMILES string of the molecule is CC(C)c1ccc([C@H]2Nc3ccccc3NC3=C2C(=O)C[C@@H](C)C3)cc1. The Morgan fingerprint density at radius 3 is 2.35 bits per heavy atom. The second-order valence-corrected chi connectivity index (χ2v) is 7.90. The quantitative estimate of drug-likeness (QED) is 0.739. The topological polar surface area (TPSA) is 41.1 Å². The molecule has 0 spiro atoms. The summed E-state index contributed by atoms with van der Waals surface area (Å²) in [5.41, 5.74) is 6.52. The number of ketones is 1. The van der Waals surface area contributed by atoms with Gasteiger partial charge in [-0.1, -0.05) is 57.2 Å². The predicted octanol–water partition coefficient (Wildman–Crippen LogP) is 5.64. The lowest BCUT2D eigenvalue weighted by Gasteiger charge is -2.28. The third-order valence-electron chi connectivity index (χ3n) is 5.45. The van der Waals surface area contributed by atoms with Gasteiger partial charge in [0.2, 0.25) is 0 Å². The van der Waals surface area contributed by atoms with E-state index in [1.165, 1.54) is 5.56 Å². The van der Waals surface area contributed by atoms with Crippen molar-refractivity contribution in [2.24, 2.45) is 5.92 Å². The first-order valence-corrected chi connectivity index (χ1v) is 9.51. The Labute approximate surface area is 155 Å². The van der Waals surface area contributed by atoms with Gasteiger partial charge in [0.1, 0.15) is 0 Å². The number of carbonyl (C=O) groups excluding carboxylic acids is 1. The number of Topliss-reactive ketones (excluding diaryl/α,β-unsaturated/α-hetero) is 1. The lowest BCUT2D eigenvalue weighted by molar-refractivity contribution is -0.117. The monoisotopic (exact) mass is 346 g/mol. The second-order valence-electron chi connectivity index (χ2n) is 7.90. The summed E-state index contributed by atoms with van der Waals surface area (Å²) in [5, 5.41) is 7.18. The summed E-state index contributed by atoms with van der Waals surface area (Å²) in [6.45, 7) is 6.55. The Morgan fingerprint density at radius 1 is 0.962 bits per heavy atom. The number of hydrogen-bond acceptors (Lipinski definition) is 3. The van der Waals surface area contributed by atoms with E-state index in [1.54, 1.807) is 0 Å². The van der Waals surface area contributed by atoms with Crippen LogP contribution in [0.25, 0.3) is 0 Å². The van der Waals surface area contributed by atoms with Crippen molar-refractivity contribution in [3.05, 3.63) is 70.9 Å². The average molecular weight is 346 g/mol. The van der Waals surface area contributed by atoms with Crippen molar-refractivity contribution in [1.82, 2.24) is 0 Å². The Bertz CT molecular complexity index is 864. The van der Waals surface area contributed by atoms with Gasteiger partial charge in [-0.25, -0.2) is 0 Å². The summed E-state index contributed by atoms with van der Waals surface area (Å²) in [4.78, 5) is 13.0. The maximum atomic E-state index is 13.0. The zero-order valence-electron chi connectivity index (χ0n) is 15.7. The number of anilines is 2. The van der Waals surface area contributed by atoms with Crippen LogP contribution in [-0.4, -0.2) is 5.78 Å². The van der Waals surface area contributed by atoms with Gasteiger partial charge in [0.25, 0.3) is 0 Å². The highest BCUT2D eigenvalue weighted by atomic mass is 16.1. The van der Waals surface area contributed by atoms with Gasteiger partial charge in [0.05, 0.1) is 17.4 Å². The van der Waals surface area contributed by atoms with E-state index in [9.17, 15) is 4.79 Å².